The van der Waals surface area contributed by atoms with Crippen molar-refractivity contribution in [3.05, 3.63) is 58.0 Å². The number of fused-ring (bicyclic) bond motifs is 3. The minimum atomic E-state index is -0.524. The van der Waals surface area contributed by atoms with Crippen LogP contribution in [-0.2, 0) is 17.8 Å². The van der Waals surface area contributed by atoms with E-state index in [0.29, 0.717) is 50.6 Å². The van der Waals surface area contributed by atoms with Crippen LogP contribution in [0, 0.1) is 5.82 Å². The molecule has 0 fully saturated rings. The van der Waals surface area contributed by atoms with Crippen LogP contribution in [0.5, 0.6) is 0 Å². The first-order valence-corrected chi connectivity index (χ1v) is 12.9. The van der Waals surface area contributed by atoms with Gasteiger partial charge in [0.1, 0.15) is 22.8 Å². The van der Waals surface area contributed by atoms with E-state index in [0.717, 1.165) is 20.7 Å². The number of amides is 1. The van der Waals surface area contributed by atoms with Crippen LogP contribution in [-0.4, -0.2) is 74.3 Å². The van der Waals surface area contributed by atoms with E-state index in [1.54, 1.807) is 37.0 Å². The van der Waals surface area contributed by atoms with E-state index < -0.39 is 18.0 Å². The summed E-state index contributed by atoms with van der Waals surface area (Å²) in [7, 11) is 0. The van der Waals surface area contributed by atoms with Crippen LogP contribution < -0.4 is 5.32 Å². The molecule has 1 aliphatic heterocycles. The average molecular weight is 534 g/mol. The van der Waals surface area contributed by atoms with Crippen molar-refractivity contribution in [3.8, 4) is 0 Å². The van der Waals surface area contributed by atoms with Crippen molar-refractivity contribution in [2.24, 2.45) is 0 Å². The van der Waals surface area contributed by atoms with E-state index in [1.807, 2.05) is 4.90 Å². The molecule has 0 radical (unpaired) electrons. The molecule has 3 heterocycles. The summed E-state index contributed by atoms with van der Waals surface area (Å²) in [6, 6.07) is 4.42. The second-order valence-corrected chi connectivity index (χ2v) is 10.5. The number of aromatic nitrogens is 2. The Kier molecular flexibility index (Phi) is 8.53. The van der Waals surface area contributed by atoms with Crippen molar-refractivity contribution in [2.75, 3.05) is 31.5 Å². The highest BCUT2D eigenvalue weighted by molar-refractivity contribution is 7.19. The summed E-state index contributed by atoms with van der Waals surface area (Å²) >= 11 is 7.46. The molecule has 1 amide bonds. The maximum atomic E-state index is 13.5. The van der Waals surface area contributed by atoms with Gasteiger partial charge >= 0.3 is 0 Å². The van der Waals surface area contributed by atoms with E-state index >= 15 is 0 Å². The summed E-state index contributed by atoms with van der Waals surface area (Å²) in [4.78, 5) is 27.3. The van der Waals surface area contributed by atoms with Gasteiger partial charge in [-0.2, -0.15) is 0 Å². The van der Waals surface area contributed by atoms with Gasteiger partial charge in [-0.25, -0.2) is 14.4 Å². The lowest BCUT2D eigenvalue weighted by Crippen LogP contribution is -2.37. The molecule has 4 rings (SSSR count). The van der Waals surface area contributed by atoms with E-state index in [-0.39, 0.29) is 10.9 Å². The molecule has 2 unspecified atom stereocenters. The van der Waals surface area contributed by atoms with Crippen LogP contribution in [0.25, 0.3) is 10.2 Å². The van der Waals surface area contributed by atoms with Crippen molar-refractivity contribution in [3.63, 3.8) is 0 Å². The minimum absolute atomic E-state index is 0.0275. The second kappa shape index (κ2) is 11.6. The fourth-order valence-corrected chi connectivity index (χ4v) is 5.68. The Balaban J connectivity index is 1.46. The Labute approximate surface area is 218 Å². The SMILES string of the molecule is CC(O)CN(C/C=C/C(=O)N1CCc2c(sc3ncnc(Nc4ccc(F)c(Cl)c4)c23)C1)CC(C)O. The third-order valence-corrected chi connectivity index (χ3v) is 7.21. The van der Waals surface area contributed by atoms with Gasteiger partial charge in [-0.3, -0.25) is 9.69 Å². The molecular weight excluding hydrogens is 505 g/mol. The maximum absolute atomic E-state index is 13.5. The van der Waals surface area contributed by atoms with E-state index in [1.165, 1.54) is 29.8 Å². The summed E-state index contributed by atoms with van der Waals surface area (Å²) in [6.07, 6.45) is 4.43. The molecule has 0 saturated carbocycles. The summed E-state index contributed by atoms with van der Waals surface area (Å²) < 4.78 is 13.5. The Bertz CT molecular complexity index is 1260. The monoisotopic (exact) mass is 533 g/mol. The molecular formula is C25H29ClFN5O3S. The van der Waals surface area contributed by atoms with Crippen LogP contribution in [0.3, 0.4) is 0 Å². The number of carbonyl (C=O) groups excluding carboxylic acids is 1. The lowest BCUT2D eigenvalue weighted by molar-refractivity contribution is -0.126. The van der Waals surface area contributed by atoms with E-state index in [9.17, 15) is 19.4 Å². The minimum Gasteiger partial charge on any atom is -0.392 e. The third kappa shape index (κ3) is 6.37. The Morgan fingerprint density at radius 3 is 2.75 bits per heavy atom. The number of thiophene rings is 1. The summed E-state index contributed by atoms with van der Waals surface area (Å²) in [5.41, 5.74) is 1.73. The number of aliphatic hydroxyl groups excluding tert-OH is 2. The second-order valence-electron chi connectivity index (χ2n) is 8.99. The van der Waals surface area contributed by atoms with Gasteiger partial charge in [0.05, 0.1) is 29.2 Å². The molecule has 2 aromatic heterocycles. The zero-order valence-electron chi connectivity index (χ0n) is 20.1. The van der Waals surface area contributed by atoms with Gasteiger partial charge in [-0.15, -0.1) is 11.3 Å². The Morgan fingerprint density at radius 2 is 2.06 bits per heavy atom. The van der Waals surface area contributed by atoms with Crippen LogP contribution in [0.4, 0.5) is 15.9 Å². The van der Waals surface area contributed by atoms with Crippen LogP contribution >= 0.6 is 22.9 Å². The highest BCUT2D eigenvalue weighted by atomic mass is 35.5. The third-order valence-electron chi connectivity index (χ3n) is 5.80. The number of aliphatic hydroxyl groups is 2. The standard InChI is InChI=1S/C25H29ClFN5O3S/c1-15(33)11-31(12-16(2)34)8-3-4-22(35)32-9-7-18-21(13-32)36-25-23(18)24(28-14-29-25)30-17-5-6-20(27)19(26)10-17/h3-6,10,14-16,33-34H,7-9,11-13H2,1-2H3,(H,28,29,30)/b4-3+. The molecule has 3 aromatic rings. The highest BCUT2D eigenvalue weighted by Crippen LogP contribution is 2.38. The van der Waals surface area contributed by atoms with Gasteiger partial charge in [0.15, 0.2) is 0 Å². The molecule has 8 nitrogen and oxygen atoms in total. The molecule has 1 aromatic carbocycles. The molecule has 192 valence electrons. The van der Waals surface area contributed by atoms with Crippen LogP contribution in [0.15, 0.2) is 36.7 Å². The lowest BCUT2D eigenvalue weighted by Gasteiger charge is -2.26. The van der Waals surface area contributed by atoms with Gasteiger partial charge in [0.25, 0.3) is 0 Å². The van der Waals surface area contributed by atoms with Gasteiger partial charge < -0.3 is 20.4 Å². The quantitative estimate of drug-likeness (QED) is 0.360. The fourth-order valence-electron chi connectivity index (χ4n) is 4.30. The number of rotatable bonds is 9. The zero-order chi connectivity index (χ0) is 25.8. The predicted octanol–water partition coefficient (Wildman–Crippen LogP) is 3.73. The molecule has 11 heteroatoms. The summed E-state index contributed by atoms with van der Waals surface area (Å²) in [5.74, 6) is 0.0501. The molecule has 0 saturated heterocycles. The molecule has 0 bridgehead atoms. The summed E-state index contributed by atoms with van der Waals surface area (Å²) in [6.45, 7) is 5.72. The molecule has 2 atom stereocenters. The first-order valence-electron chi connectivity index (χ1n) is 11.7. The number of benzene rings is 1. The van der Waals surface area contributed by atoms with Crippen molar-refractivity contribution >= 4 is 50.6 Å². The Morgan fingerprint density at radius 1 is 1.31 bits per heavy atom. The van der Waals surface area contributed by atoms with Gasteiger partial charge in [0.2, 0.25) is 5.91 Å². The van der Waals surface area contributed by atoms with Gasteiger partial charge in [-0.05, 0) is 44.0 Å². The topological polar surface area (TPSA) is 102 Å². The number of nitrogens with one attached hydrogen (secondary N) is 1. The van der Waals surface area contributed by atoms with Gasteiger partial charge in [0, 0.05) is 42.8 Å². The smallest absolute Gasteiger partial charge is 0.246 e. The van der Waals surface area contributed by atoms with Crippen molar-refractivity contribution in [1.29, 1.82) is 0 Å². The number of hydrogen-bond acceptors (Lipinski definition) is 8. The number of hydrogen-bond donors (Lipinski definition) is 3. The summed E-state index contributed by atoms with van der Waals surface area (Å²) in [5, 5.41) is 23.5. The first kappa shape index (κ1) is 26.4. The number of halogens is 2. The first-order chi connectivity index (χ1) is 17.2. The highest BCUT2D eigenvalue weighted by Gasteiger charge is 2.25. The van der Waals surface area contributed by atoms with Crippen molar-refractivity contribution in [1.82, 2.24) is 19.8 Å². The molecule has 36 heavy (non-hydrogen) atoms. The number of carbonyl (C=O) groups is 1. The van der Waals surface area contributed by atoms with Crippen LogP contribution in [0.1, 0.15) is 24.3 Å². The largest absolute Gasteiger partial charge is 0.392 e. The Hall–Kier alpha value is -2.63. The molecule has 1 aliphatic rings. The van der Waals surface area contributed by atoms with E-state index in [4.69, 9.17) is 11.6 Å². The van der Waals surface area contributed by atoms with E-state index in [2.05, 4.69) is 15.3 Å². The van der Waals surface area contributed by atoms with Crippen molar-refractivity contribution in [2.45, 2.75) is 39.0 Å². The average Bonchev–Trinajstić information content (AvgIpc) is 3.19. The predicted molar refractivity (Wildman–Crippen MR) is 140 cm³/mol. The lowest BCUT2D eigenvalue weighted by atomic mass is 10.0. The number of anilines is 2. The fraction of sp³-hybridized carbons (Fsp3) is 0.400. The zero-order valence-corrected chi connectivity index (χ0v) is 21.7. The molecule has 0 aliphatic carbocycles. The van der Waals surface area contributed by atoms with Gasteiger partial charge in [-0.1, -0.05) is 17.7 Å². The normalized spacial score (nSPS) is 15.5. The molecule has 0 spiro atoms. The molecule has 3 N–H and O–H groups in total. The van der Waals surface area contributed by atoms with Crippen molar-refractivity contribution < 1.29 is 19.4 Å². The number of nitrogens with zero attached hydrogens (tertiary/aromatic N) is 4. The maximum Gasteiger partial charge on any atom is 0.246 e. The van der Waals surface area contributed by atoms with Crippen LogP contribution in [0.2, 0.25) is 5.02 Å².